The normalized spacial score (nSPS) is 19.2. The van der Waals surface area contributed by atoms with Gasteiger partial charge in [-0.05, 0) is 43.7 Å². The lowest BCUT2D eigenvalue weighted by atomic mass is 9.99. The Hall–Kier alpha value is -1.13. The highest BCUT2D eigenvalue weighted by Gasteiger charge is 2.20. The molecule has 0 aromatic heterocycles. The first kappa shape index (κ1) is 13.9. The van der Waals surface area contributed by atoms with Crippen molar-refractivity contribution in [3.05, 3.63) is 30.1 Å². The Labute approximate surface area is 106 Å². The van der Waals surface area contributed by atoms with Gasteiger partial charge in [0.1, 0.15) is 5.82 Å². The van der Waals surface area contributed by atoms with Gasteiger partial charge in [-0.25, -0.2) is 4.39 Å². The molecule has 1 heterocycles. The lowest BCUT2D eigenvalue weighted by Crippen LogP contribution is -2.37. The molecule has 2 rings (SSSR count). The van der Waals surface area contributed by atoms with Gasteiger partial charge in [0.2, 0.25) is 5.91 Å². The fraction of sp³-hybridized carbons (Fsp3) is 0.417. The van der Waals surface area contributed by atoms with E-state index in [1.807, 2.05) is 0 Å². The molecule has 1 saturated heterocycles. The summed E-state index contributed by atoms with van der Waals surface area (Å²) >= 11 is 0. The second-order valence-corrected chi connectivity index (χ2v) is 4.04. The molecule has 1 unspecified atom stereocenters. The van der Waals surface area contributed by atoms with E-state index in [1.54, 1.807) is 12.1 Å². The van der Waals surface area contributed by atoms with E-state index in [1.165, 1.54) is 12.1 Å². The van der Waals surface area contributed by atoms with Gasteiger partial charge in [0.05, 0.1) is 5.92 Å². The first-order valence-electron chi connectivity index (χ1n) is 5.53. The van der Waals surface area contributed by atoms with Crippen LogP contribution in [-0.4, -0.2) is 19.0 Å². The van der Waals surface area contributed by atoms with Crippen LogP contribution in [0.3, 0.4) is 0 Å². The number of carbonyl (C=O) groups is 1. The van der Waals surface area contributed by atoms with Gasteiger partial charge < -0.3 is 10.6 Å². The molecule has 0 spiro atoms. The molecule has 94 valence electrons. The minimum atomic E-state index is -0.294. The van der Waals surface area contributed by atoms with Crippen molar-refractivity contribution >= 4 is 24.0 Å². The van der Waals surface area contributed by atoms with E-state index in [0.29, 0.717) is 5.69 Å². The molecule has 3 nitrogen and oxygen atoms in total. The number of nitrogens with one attached hydrogen (secondary N) is 2. The number of hydrogen-bond acceptors (Lipinski definition) is 2. The Balaban J connectivity index is 0.00000144. The van der Waals surface area contributed by atoms with Crippen LogP contribution in [0.15, 0.2) is 24.3 Å². The topological polar surface area (TPSA) is 41.1 Å². The average molecular weight is 259 g/mol. The Morgan fingerprint density at radius 2 is 2.06 bits per heavy atom. The third kappa shape index (κ3) is 3.98. The number of carbonyl (C=O) groups excluding carboxylic acids is 1. The third-order valence-corrected chi connectivity index (χ3v) is 2.78. The first-order valence-corrected chi connectivity index (χ1v) is 5.53. The Kier molecular flexibility index (Phi) is 5.38. The van der Waals surface area contributed by atoms with Gasteiger partial charge in [-0.1, -0.05) is 0 Å². The summed E-state index contributed by atoms with van der Waals surface area (Å²) in [6.45, 7) is 1.72. The monoisotopic (exact) mass is 258 g/mol. The minimum absolute atomic E-state index is 0. The number of piperidine rings is 1. The van der Waals surface area contributed by atoms with Crippen LogP contribution in [0.1, 0.15) is 12.8 Å². The molecule has 2 N–H and O–H groups in total. The van der Waals surface area contributed by atoms with E-state index >= 15 is 0 Å². The largest absolute Gasteiger partial charge is 0.326 e. The highest BCUT2D eigenvalue weighted by atomic mass is 35.5. The van der Waals surface area contributed by atoms with Gasteiger partial charge in [-0.15, -0.1) is 12.4 Å². The fourth-order valence-corrected chi connectivity index (χ4v) is 1.85. The maximum atomic E-state index is 12.7. The quantitative estimate of drug-likeness (QED) is 0.854. The van der Waals surface area contributed by atoms with E-state index in [-0.39, 0.29) is 30.0 Å². The van der Waals surface area contributed by atoms with Crippen LogP contribution >= 0.6 is 12.4 Å². The highest BCUT2D eigenvalue weighted by molar-refractivity contribution is 5.92. The van der Waals surface area contributed by atoms with Crippen LogP contribution < -0.4 is 10.6 Å². The maximum absolute atomic E-state index is 12.7. The molecule has 0 aliphatic carbocycles. The molecule has 0 saturated carbocycles. The SMILES string of the molecule is Cl.O=C(Nc1ccc(F)cc1)C1CCCNC1. The van der Waals surface area contributed by atoms with Gasteiger partial charge in [0.15, 0.2) is 0 Å². The van der Waals surface area contributed by atoms with Crippen molar-refractivity contribution in [3.8, 4) is 0 Å². The zero-order valence-corrected chi connectivity index (χ0v) is 10.2. The Bertz CT molecular complexity index is 363. The van der Waals surface area contributed by atoms with Crippen molar-refractivity contribution in [2.24, 2.45) is 5.92 Å². The van der Waals surface area contributed by atoms with Gasteiger partial charge in [0, 0.05) is 12.2 Å². The summed E-state index contributed by atoms with van der Waals surface area (Å²) in [6, 6.07) is 5.83. The molecule has 1 amide bonds. The lowest BCUT2D eigenvalue weighted by molar-refractivity contribution is -0.120. The van der Waals surface area contributed by atoms with Crippen molar-refractivity contribution in [3.63, 3.8) is 0 Å². The average Bonchev–Trinajstić information content (AvgIpc) is 2.33. The minimum Gasteiger partial charge on any atom is -0.326 e. The molecule has 5 heteroatoms. The number of anilines is 1. The summed E-state index contributed by atoms with van der Waals surface area (Å²) in [7, 11) is 0. The van der Waals surface area contributed by atoms with Gasteiger partial charge in [0.25, 0.3) is 0 Å². The second-order valence-electron chi connectivity index (χ2n) is 4.04. The molecular formula is C12H16ClFN2O. The smallest absolute Gasteiger partial charge is 0.228 e. The molecule has 1 aromatic carbocycles. The summed E-state index contributed by atoms with van der Waals surface area (Å²) in [5, 5.41) is 5.98. The summed E-state index contributed by atoms with van der Waals surface area (Å²) in [5.41, 5.74) is 0.650. The van der Waals surface area contributed by atoms with E-state index in [0.717, 1.165) is 25.9 Å². The van der Waals surface area contributed by atoms with E-state index in [2.05, 4.69) is 10.6 Å². The molecule has 0 bridgehead atoms. The van der Waals surface area contributed by atoms with E-state index in [9.17, 15) is 9.18 Å². The highest BCUT2D eigenvalue weighted by Crippen LogP contribution is 2.14. The first-order chi connectivity index (χ1) is 7.75. The van der Waals surface area contributed by atoms with E-state index < -0.39 is 0 Å². The zero-order chi connectivity index (χ0) is 11.4. The molecular weight excluding hydrogens is 243 g/mol. The maximum Gasteiger partial charge on any atom is 0.228 e. The second kappa shape index (κ2) is 6.57. The van der Waals surface area contributed by atoms with Gasteiger partial charge in [-0.2, -0.15) is 0 Å². The zero-order valence-electron chi connectivity index (χ0n) is 9.41. The summed E-state index contributed by atoms with van der Waals surface area (Å²) in [5.74, 6) is -0.255. The van der Waals surface area contributed by atoms with Gasteiger partial charge in [-0.3, -0.25) is 4.79 Å². The van der Waals surface area contributed by atoms with Crippen LogP contribution in [-0.2, 0) is 4.79 Å². The Morgan fingerprint density at radius 1 is 1.35 bits per heavy atom. The molecule has 1 aromatic rings. The standard InChI is InChI=1S/C12H15FN2O.ClH/c13-10-3-5-11(6-4-10)15-12(16)9-2-1-7-14-8-9;/h3-6,9,14H,1-2,7-8H2,(H,15,16);1H. The molecule has 1 atom stereocenters. The molecule has 17 heavy (non-hydrogen) atoms. The fourth-order valence-electron chi connectivity index (χ4n) is 1.85. The summed E-state index contributed by atoms with van der Waals surface area (Å²) in [6.07, 6.45) is 1.95. The van der Waals surface area contributed by atoms with Crippen LogP contribution in [0, 0.1) is 11.7 Å². The molecule has 1 fully saturated rings. The van der Waals surface area contributed by atoms with Crippen molar-refractivity contribution in [2.75, 3.05) is 18.4 Å². The van der Waals surface area contributed by atoms with Crippen molar-refractivity contribution in [1.82, 2.24) is 5.32 Å². The van der Waals surface area contributed by atoms with Gasteiger partial charge >= 0.3 is 0 Å². The predicted octanol–water partition coefficient (Wildman–Crippen LogP) is 2.19. The predicted molar refractivity (Wildman–Crippen MR) is 67.9 cm³/mol. The van der Waals surface area contributed by atoms with Crippen LogP contribution in [0.5, 0.6) is 0 Å². The van der Waals surface area contributed by atoms with Crippen LogP contribution in [0.4, 0.5) is 10.1 Å². The number of halogens is 2. The number of hydrogen-bond donors (Lipinski definition) is 2. The number of benzene rings is 1. The third-order valence-electron chi connectivity index (χ3n) is 2.78. The molecule has 1 aliphatic rings. The van der Waals surface area contributed by atoms with Crippen LogP contribution in [0.25, 0.3) is 0 Å². The van der Waals surface area contributed by atoms with Crippen molar-refractivity contribution < 1.29 is 9.18 Å². The number of amides is 1. The van der Waals surface area contributed by atoms with E-state index in [4.69, 9.17) is 0 Å². The lowest BCUT2D eigenvalue weighted by Gasteiger charge is -2.21. The van der Waals surface area contributed by atoms with Crippen molar-refractivity contribution in [2.45, 2.75) is 12.8 Å². The van der Waals surface area contributed by atoms with Crippen molar-refractivity contribution in [1.29, 1.82) is 0 Å². The molecule has 1 aliphatic heterocycles. The summed E-state index contributed by atoms with van der Waals surface area (Å²) < 4.78 is 12.7. The Morgan fingerprint density at radius 3 is 2.65 bits per heavy atom. The number of rotatable bonds is 2. The summed E-state index contributed by atoms with van der Waals surface area (Å²) in [4.78, 5) is 11.8. The van der Waals surface area contributed by atoms with Crippen LogP contribution in [0.2, 0.25) is 0 Å². The molecule has 0 radical (unpaired) electrons.